The van der Waals surface area contributed by atoms with Crippen molar-refractivity contribution in [2.75, 3.05) is 0 Å². The molecule has 0 bridgehead atoms. The molecule has 1 amide bonds. The topological polar surface area (TPSA) is 49.3 Å². The molecule has 1 aromatic rings. The number of rotatable bonds is 1. The van der Waals surface area contributed by atoms with Crippen molar-refractivity contribution in [2.24, 2.45) is 0 Å². The van der Waals surface area contributed by atoms with Gasteiger partial charge in [0.25, 0.3) is 5.91 Å². The fourth-order valence-electron chi connectivity index (χ4n) is 0.732. The normalized spacial score (nSPS) is 9.58. The van der Waals surface area contributed by atoms with Crippen LogP contribution in [-0.4, -0.2) is 11.1 Å². The average molecular weight is 234 g/mol. The number of carbonyl (C=O) groups is 1. The zero-order valence-electron chi connectivity index (χ0n) is 5.84. The Labute approximate surface area is 76.3 Å². The number of amides is 1. The molecule has 0 radical (unpaired) electrons. The molecule has 0 saturated heterocycles. The Hall–Kier alpha value is -0.940. The van der Waals surface area contributed by atoms with Gasteiger partial charge < -0.3 is 0 Å². The quantitative estimate of drug-likeness (QED) is 0.574. The summed E-state index contributed by atoms with van der Waals surface area (Å²) in [6, 6.07) is 3.62. The molecule has 1 aromatic carbocycles. The number of benzene rings is 1. The summed E-state index contributed by atoms with van der Waals surface area (Å²) in [5.41, 5.74) is 1.47. The smallest absolute Gasteiger partial charge is 0.275 e. The van der Waals surface area contributed by atoms with Gasteiger partial charge in [-0.2, -0.15) is 0 Å². The lowest BCUT2D eigenvalue weighted by Gasteiger charge is -2.00. The number of hydrogen-bond acceptors (Lipinski definition) is 2. The zero-order chi connectivity index (χ0) is 9.14. The van der Waals surface area contributed by atoms with Gasteiger partial charge in [0.2, 0.25) is 0 Å². The maximum Gasteiger partial charge on any atom is 0.275 e. The Bertz CT molecular complexity index is 316. The van der Waals surface area contributed by atoms with Crippen LogP contribution >= 0.6 is 15.9 Å². The van der Waals surface area contributed by atoms with Crippen LogP contribution in [0, 0.1) is 5.82 Å². The largest absolute Gasteiger partial charge is 0.288 e. The standard InChI is InChI=1S/C7H5BrFNO2/c8-6-2-1-4(9)3-5(6)7(11)10-12/h1-3,12H,(H,10,11). The minimum atomic E-state index is -0.749. The summed E-state index contributed by atoms with van der Waals surface area (Å²) in [7, 11) is 0. The van der Waals surface area contributed by atoms with E-state index in [0.29, 0.717) is 4.47 Å². The van der Waals surface area contributed by atoms with E-state index in [1.165, 1.54) is 17.6 Å². The Morgan fingerprint density at radius 1 is 1.58 bits per heavy atom. The van der Waals surface area contributed by atoms with Gasteiger partial charge in [0, 0.05) is 4.47 Å². The number of nitrogens with one attached hydrogen (secondary N) is 1. The molecule has 2 N–H and O–H groups in total. The van der Waals surface area contributed by atoms with Crippen LogP contribution in [0.25, 0.3) is 0 Å². The first-order valence-corrected chi connectivity index (χ1v) is 3.84. The molecule has 0 unspecified atom stereocenters. The van der Waals surface area contributed by atoms with Gasteiger partial charge in [-0.3, -0.25) is 10.0 Å². The number of hydrogen-bond donors (Lipinski definition) is 2. The van der Waals surface area contributed by atoms with Crippen LogP contribution in [0.4, 0.5) is 4.39 Å². The summed E-state index contributed by atoms with van der Waals surface area (Å²) in [5, 5.41) is 8.26. The summed E-state index contributed by atoms with van der Waals surface area (Å²) in [4.78, 5) is 10.8. The van der Waals surface area contributed by atoms with Crippen molar-refractivity contribution in [3.05, 3.63) is 34.1 Å². The predicted molar refractivity (Wildman–Crippen MR) is 43.4 cm³/mol. The van der Waals surface area contributed by atoms with Gasteiger partial charge in [-0.1, -0.05) is 0 Å². The molecular formula is C7H5BrFNO2. The highest BCUT2D eigenvalue weighted by molar-refractivity contribution is 9.10. The SMILES string of the molecule is O=C(NO)c1cc(F)ccc1Br. The predicted octanol–water partition coefficient (Wildman–Crippen LogP) is 1.71. The van der Waals surface area contributed by atoms with E-state index in [4.69, 9.17) is 5.21 Å². The lowest BCUT2D eigenvalue weighted by atomic mass is 10.2. The van der Waals surface area contributed by atoms with Gasteiger partial charge >= 0.3 is 0 Å². The molecule has 0 spiro atoms. The lowest BCUT2D eigenvalue weighted by Crippen LogP contribution is -2.19. The molecule has 0 fully saturated rings. The molecule has 5 heteroatoms. The summed E-state index contributed by atoms with van der Waals surface area (Å²) >= 11 is 3.03. The zero-order valence-corrected chi connectivity index (χ0v) is 7.43. The second-order valence-corrected chi connectivity index (χ2v) is 2.92. The molecule has 0 atom stereocenters. The maximum atomic E-state index is 12.6. The van der Waals surface area contributed by atoms with Crippen molar-refractivity contribution in [2.45, 2.75) is 0 Å². The molecule has 64 valence electrons. The van der Waals surface area contributed by atoms with E-state index < -0.39 is 11.7 Å². The molecule has 12 heavy (non-hydrogen) atoms. The third-order valence-corrected chi connectivity index (χ3v) is 1.97. The number of hydroxylamine groups is 1. The molecule has 0 heterocycles. The van der Waals surface area contributed by atoms with Crippen LogP contribution in [0.5, 0.6) is 0 Å². The minimum Gasteiger partial charge on any atom is -0.288 e. The van der Waals surface area contributed by atoms with Crippen molar-refractivity contribution in [1.82, 2.24) is 5.48 Å². The second-order valence-electron chi connectivity index (χ2n) is 2.07. The van der Waals surface area contributed by atoms with Crippen LogP contribution in [0.3, 0.4) is 0 Å². The molecule has 0 aromatic heterocycles. The van der Waals surface area contributed by atoms with Crippen LogP contribution < -0.4 is 5.48 Å². The number of carbonyl (C=O) groups excluding carboxylic acids is 1. The lowest BCUT2D eigenvalue weighted by molar-refractivity contribution is 0.0705. The van der Waals surface area contributed by atoms with E-state index in [1.54, 1.807) is 0 Å². The Balaban J connectivity index is 3.13. The highest BCUT2D eigenvalue weighted by Gasteiger charge is 2.09. The van der Waals surface area contributed by atoms with Gasteiger partial charge in [0.1, 0.15) is 5.82 Å². The Kier molecular flexibility index (Phi) is 2.78. The third kappa shape index (κ3) is 1.80. The van der Waals surface area contributed by atoms with E-state index >= 15 is 0 Å². The molecule has 0 saturated carbocycles. The first kappa shape index (κ1) is 9.15. The molecular weight excluding hydrogens is 229 g/mol. The summed E-state index contributed by atoms with van der Waals surface area (Å²) in [6.07, 6.45) is 0. The molecule has 3 nitrogen and oxygen atoms in total. The van der Waals surface area contributed by atoms with E-state index in [-0.39, 0.29) is 5.56 Å². The Morgan fingerprint density at radius 3 is 2.83 bits per heavy atom. The molecule has 0 aliphatic rings. The number of halogens is 2. The monoisotopic (exact) mass is 233 g/mol. The van der Waals surface area contributed by atoms with Gasteiger partial charge in [-0.15, -0.1) is 0 Å². The molecule has 0 aliphatic heterocycles. The van der Waals surface area contributed by atoms with E-state index in [0.717, 1.165) is 6.07 Å². The van der Waals surface area contributed by atoms with Crippen molar-refractivity contribution in [3.8, 4) is 0 Å². The minimum absolute atomic E-state index is 0.0532. The van der Waals surface area contributed by atoms with Gasteiger partial charge in [-0.25, -0.2) is 9.87 Å². The average Bonchev–Trinajstić information content (AvgIpc) is 2.08. The Morgan fingerprint density at radius 2 is 2.25 bits per heavy atom. The molecule has 1 rings (SSSR count). The summed E-state index contributed by atoms with van der Waals surface area (Å²) in [6.45, 7) is 0. The van der Waals surface area contributed by atoms with Gasteiger partial charge in [0.15, 0.2) is 0 Å². The first-order chi connectivity index (χ1) is 5.65. The van der Waals surface area contributed by atoms with Crippen LogP contribution in [0.15, 0.2) is 22.7 Å². The fraction of sp³-hybridized carbons (Fsp3) is 0. The van der Waals surface area contributed by atoms with Crippen LogP contribution in [-0.2, 0) is 0 Å². The highest BCUT2D eigenvalue weighted by atomic mass is 79.9. The van der Waals surface area contributed by atoms with Crippen molar-refractivity contribution in [3.63, 3.8) is 0 Å². The molecule has 0 aliphatic carbocycles. The van der Waals surface area contributed by atoms with Crippen LogP contribution in [0.1, 0.15) is 10.4 Å². The van der Waals surface area contributed by atoms with Crippen LogP contribution in [0.2, 0.25) is 0 Å². The maximum absolute atomic E-state index is 12.6. The van der Waals surface area contributed by atoms with E-state index in [2.05, 4.69) is 15.9 Å². The fourth-order valence-corrected chi connectivity index (χ4v) is 1.16. The third-order valence-electron chi connectivity index (χ3n) is 1.27. The van der Waals surface area contributed by atoms with E-state index in [9.17, 15) is 9.18 Å². The van der Waals surface area contributed by atoms with Crippen molar-refractivity contribution in [1.29, 1.82) is 0 Å². The van der Waals surface area contributed by atoms with Crippen molar-refractivity contribution < 1.29 is 14.4 Å². The van der Waals surface area contributed by atoms with Gasteiger partial charge in [-0.05, 0) is 34.1 Å². The first-order valence-electron chi connectivity index (χ1n) is 3.04. The summed E-state index contributed by atoms with van der Waals surface area (Å²) < 4.78 is 13.0. The van der Waals surface area contributed by atoms with Gasteiger partial charge in [0.05, 0.1) is 5.56 Å². The summed E-state index contributed by atoms with van der Waals surface area (Å²) in [5.74, 6) is -1.28. The highest BCUT2D eigenvalue weighted by Crippen LogP contribution is 2.17. The van der Waals surface area contributed by atoms with E-state index in [1.807, 2.05) is 0 Å². The second kappa shape index (κ2) is 3.64. The van der Waals surface area contributed by atoms with Crippen molar-refractivity contribution >= 4 is 21.8 Å².